The number of phenols is 1. The first kappa shape index (κ1) is 17.5. The molecule has 5 heteroatoms. The Morgan fingerprint density at radius 3 is 2.17 bits per heavy atom. The molecule has 3 aromatic carbocycles. The molecule has 0 atom stereocenters. The van der Waals surface area contributed by atoms with E-state index in [-0.39, 0.29) is 17.4 Å². The first-order chi connectivity index (χ1) is 14.1. The van der Waals surface area contributed by atoms with Crippen LogP contribution in [-0.4, -0.2) is 47.9 Å². The molecular formula is C24H20N2O3. The largest absolute Gasteiger partial charge is 0.506 e. The third-order valence-electron chi connectivity index (χ3n) is 5.76. The van der Waals surface area contributed by atoms with Gasteiger partial charge in [-0.2, -0.15) is 0 Å². The average Bonchev–Trinajstić information content (AvgIpc) is 3.06. The van der Waals surface area contributed by atoms with Crippen LogP contribution in [0.5, 0.6) is 5.75 Å². The molecule has 1 heterocycles. The lowest BCUT2D eigenvalue weighted by molar-refractivity contribution is 0.0746. The van der Waals surface area contributed by atoms with E-state index in [1.165, 1.54) is 0 Å². The minimum atomic E-state index is -0.0616. The molecule has 144 valence electrons. The summed E-state index contributed by atoms with van der Waals surface area (Å²) in [6.07, 6.45) is 0. The van der Waals surface area contributed by atoms with Crippen LogP contribution in [0.4, 0.5) is 5.69 Å². The Morgan fingerprint density at radius 1 is 0.759 bits per heavy atom. The molecule has 1 saturated heterocycles. The van der Waals surface area contributed by atoms with E-state index in [1.54, 1.807) is 18.2 Å². The number of fused-ring (bicyclic) bond motifs is 3. The van der Waals surface area contributed by atoms with Crippen LogP contribution in [0.1, 0.15) is 26.3 Å². The van der Waals surface area contributed by atoms with Crippen LogP contribution in [0, 0.1) is 0 Å². The summed E-state index contributed by atoms with van der Waals surface area (Å²) in [6.45, 7) is 2.44. The highest BCUT2D eigenvalue weighted by atomic mass is 16.3. The number of carbonyl (C=O) groups excluding carboxylic acids is 2. The summed E-state index contributed by atoms with van der Waals surface area (Å²) in [6, 6.07) is 20.2. The van der Waals surface area contributed by atoms with Crippen molar-refractivity contribution in [3.8, 4) is 16.9 Å². The average molecular weight is 384 g/mol. The van der Waals surface area contributed by atoms with Gasteiger partial charge < -0.3 is 14.9 Å². The van der Waals surface area contributed by atoms with Gasteiger partial charge in [-0.1, -0.05) is 42.5 Å². The number of hydrogen-bond donors (Lipinski definition) is 1. The number of phenolic OH excluding ortho intramolecular Hbond substituents is 1. The highest BCUT2D eigenvalue weighted by Gasteiger charge is 2.29. The van der Waals surface area contributed by atoms with Crippen molar-refractivity contribution in [3.05, 3.63) is 83.4 Å². The quantitative estimate of drug-likeness (QED) is 0.574. The van der Waals surface area contributed by atoms with Crippen LogP contribution >= 0.6 is 0 Å². The Hall–Kier alpha value is -3.60. The molecule has 2 aliphatic rings. The number of nitrogens with zero attached hydrogens (tertiary/aromatic N) is 2. The molecule has 0 unspecified atom stereocenters. The molecular weight excluding hydrogens is 364 g/mol. The molecule has 1 N–H and O–H groups in total. The van der Waals surface area contributed by atoms with Crippen molar-refractivity contribution < 1.29 is 14.7 Å². The van der Waals surface area contributed by atoms with Crippen LogP contribution in [0.15, 0.2) is 66.7 Å². The van der Waals surface area contributed by atoms with Gasteiger partial charge in [-0.3, -0.25) is 9.59 Å². The summed E-state index contributed by atoms with van der Waals surface area (Å²) in [5, 5.41) is 10.1. The fourth-order valence-corrected chi connectivity index (χ4v) is 4.23. The zero-order chi connectivity index (χ0) is 20.0. The lowest BCUT2D eigenvalue weighted by atomic mass is 10.0. The maximum atomic E-state index is 13.0. The standard InChI is InChI=1S/C24H20N2O3/c27-22-8-4-3-7-21(22)25-11-13-26(14-12-25)24(29)16-9-10-18-17-5-1-2-6-19(17)23(28)20(18)15-16/h1-10,15,27H,11-14H2. The predicted octanol–water partition coefficient (Wildman–Crippen LogP) is 3.57. The molecule has 1 aliphatic carbocycles. The Morgan fingerprint density at radius 2 is 1.41 bits per heavy atom. The number of ketones is 1. The Kier molecular flexibility index (Phi) is 4.09. The summed E-state index contributed by atoms with van der Waals surface area (Å²) in [4.78, 5) is 29.6. The Labute approximate surface area is 168 Å². The fourth-order valence-electron chi connectivity index (χ4n) is 4.23. The summed E-state index contributed by atoms with van der Waals surface area (Å²) in [7, 11) is 0. The number of hydrogen-bond acceptors (Lipinski definition) is 4. The van der Waals surface area contributed by atoms with Gasteiger partial charge in [0.15, 0.2) is 5.78 Å². The first-order valence-electron chi connectivity index (χ1n) is 9.74. The number of anilines is 1. The Balaban J connectivity index is 1.34. The van der Waals surface area contributed by atoms with Crippen LogP contribution in [-0.2, 0) is 0 Å². The van der Waals surface area contributed by atoms with E-state index in [2.05, 4.69) is 4.90 Å². The molecule has 1 fully saturated rings. The van der Waals surface area contributed by atoms with Gasteiger partial charge in [0, 0.05) is 42.9 Å². The maximum Gasteiger partial charge on any atom is 0.253 e. The number of para-hydroxylation sites is 2. The summed E-state index contributed by atoms with van der Waals surface area (Å²) in [5.41, 5.74) is 4.46. The smallest absolute Gasteiger partial charge is 0.253 e. The van der Waals surface area contributed by atoms with Gasteiger partial charge in [-0.15, -0.1) is 0 Å². The van der Waals surface area contributed by atoms with E-state index in [0.717, 1.165) is 16.8 Å². The number of carbonyl (C=O) groups is 2. The van der Waals surface area contributed by atoms with Crippen molar-refractivity contribution in [1.82, 2.24) is 4.90 Å². The SMILES string of the molecule is O=C1c2ccccc2-c2ccc(C(=O)N3CCN(c4ccccc4O)CC3)cc21. The molecule has 3 aromatic rings. The van der Waals surface area contributed by atoms with Crippen molar-refractivity contribution in [2.24, 2.45) is 0 Å². The fraction of sp³-hybridized carbons (Fsp3) is 0.167. The normalized spacial score (nSPS) is 15.2. The van der Waals surface area contributed by atoms with Gasteiger partial charge in [0.25, 0.3) is 5.91 Å². The number of piperazine rings is 1. The lowest BCUT2D eigenvalue weighted by Crippen LogP contribution is -2.48. The van der Waals surface area contributed by atoms with Gasteiger partial charge in [0.1, 0.15) is 5.75 Å². The van der Waals surface area contributed by atoms with E-state index in [1.807, 2.05) is 53.4 Å². The van der Waals surface area contributed by atoms with Crippen molar-refractivity contribution in [2.75, 3.05) is 31.1 Å². The van der Waals surface area contributed by atoms with Gasteiger partial charge in [0.05, 0.1) is 5.69 Å². The highest BCUT2D eigenvalue weighted by Crippen LogP contribution is 2.37. The third kappa shape index (κ3) is 2.86. The van der Waals surface area contributed by atoms with Crippen molar-refractivity contribution in [3.63, 3.8) is 0 Å². The van der Waals surface area contributed by atoms with E-state index >= 15 is 0 Å². The van der Waals surface area contributed by atoms with E-state index in [4.69, 9.17) is 0 Å². The van der Waals surface area contributed by atoms with E-state index < -0.39 is 0 Å². The number of benzene rings is 3. The van der Waals surface area contributed by atoms with Gasteiger partial charge >= 0.3 is 0 Å². The molecule has 0 radical (unpaired) electrons. The third-order valence-corrected chi connectivity index (χ3v) is 5.76. The zero-order valence-electron chi connectivity index (χ0n) is 15.8. The lowest BCUT2D eigenvalue weighted by Gasteiger charge is -2.36. The van der Waals surface area contributed by atoms with Crippen LogP contribution in [0.25, 0.3) is 11.1 Å². The topological polar surface area (TPSA) is 60.9 Å². The molecule has 1 amide bonds. The van der Waals surface area contributed by atoms with E-state index in [0.29, 0.717) is 42.9 Å². The monoisotopic (exact) mass is 384 g/mol. The molecule has 0 saturated carbocycles. The molecule has 0 spiro atoms. The summed E-state index contributed by atoms with van der Waals surface area (Å²) in [5.74, 6) is 0.173. The summed E-state index contributed by atoms with van der Waals surface area (Å²) >= 11 is 0. The van der Waals surface area contributed by atoms with Crippen molar-refractivity contribution in [1.29, 1.82) is 0 Å². The minimum Gasteiger partial charge on any atom is -0.506 e. The van der Waals surface area contributed by atoms with E-state index in [9.17, 15) is 14.7 Å². The molecule has 5 rings (SSSR count). The van der Waals surface area contributed by atoms with Gasteiger partial charge in [-0.25, -0.2) is 0 Å². The second-order valence-electron chi connectivity index (χ2n) is 7.40. The Bertz CT molecular complexity index is 1130. The number of aromatic hydroxyl groups is 1. The molecule has 0 bridgehead atoms. The highest BCUT2D eigenvalue weighted by molar-refractivity contribution is 6.22. The first-order valence-corrected chi connectivity index (χ1v) is 9.74. The van der Waals surface area contributed by atoms with Crippen molar-refractivity contribution in [2.45, 2.75) is 0 Å². The number of rotatable bonds is 2. The van der Waals surface area contributed by atoms with Crippen LogP contribution < -0.4 is 4.90 Å². The number of amides is 1. The van der Waals surface area contributed by atoms with Gasteiger partial charge in [-0.05, 0) is 35.4 Å². The maximum absolute atomic E-state index is 13.0. The molecule has 1 aliphatic heterocycles. The predicted molar refractivity (Wildman–Crippen MR) is 112 cm³/mol. The second-order valence-corrected chi connectivity index (χ2v) is 7.40. The second kappa shape index (κ2) is 6.78. The zero-order valence-corrected chi connectivity index (χ0v) is 15.8. The molecule has 5 nitrogen and oxygen atoms in total. The van der Waals surface area contributed by atoms with Gasteiger partial charge in [0.2, 0.25) is 0 Å². The van der Waals surface area contributed by atoms with Crippen LogP contribution in [0.3, 0.4) is 0 Å². The summed E-state index contributed by atoms with van der Waals surface area (Å²) < 4.78 is 0. The minimum absolute atomic E-state index is 0.0189. The molecule has 29 heavy (non-hydrogen) atoms. The van der Waals surface area contributed by atoms with Crippen LogP contribution in [0.2, 0.25) is 0 Å². The molecule has 0 aromatic heterocycles. The van der Waals surface area contributed by atoms with Crippen molar-refractivity contribution >= 4 is 17.4 Å².